The standard InChI is InChI=1S/C18H16Cl2N2O2/c19-11-13-21(14-12-20)17-7-3-15(4-8-17)1-2-16-5-9-18(10-6-16)22(23)24/h3-10H,11-14H2. The molecule has 0 unspecified atom stereocenters. The molecule has 0 aliphatic rings. The summed E-state index contributed by atoms with van der Waals surface area (Å²) >= 11 is 11.6. The lowest BCUT2D eigenvalue weighted by molar-refractivity contribution is -0.384. The van der Waals surface area contributed by atoms with E-state index in [0.717, 1.165) is 29.9 Å². The summed E-state index contributed by atoms with van der Waals surface area (Å²) in [7, 11) is 0. The Morgan fingerprint density at radius 1 is 0.875 bits per heavy atom. The summed E-state index contributed by atoms with van der Waals surface area (Å²) in [6.45, 7) is 1.48. The van der Waals surface area contributed by atoms with Crippen molar-refractivity contribution in [3.8, 4) is 11.8 Å². The number of non-ortho nitro benzene ring substituents is 1. The van der Waals surface area contributed by atoms with Crippen LogP contribution in [0.25, 0.3) is 0 Å². The SMILES string of the molecule is O=[N+]([O-])c1ccc(C#Cc2ccc(N(CCCl)CCCl)cc2)cc1. The van der Waals surface area contributed by atoms with E-state index in [-0.39, 0.29) is 5.69 Å². The van der Waals surface area contributed by atoms with Gasteiger partial charge in [0.2, 0.25) is 0 Å². The van der Waals surface area contributed by atoms with Crippen molar-refractivity contribution < 1.29 is 4.92 Å². The van der Waals surface area contributed by atoms with Crippen LogP contribution in [0.1, 0.15) is 11.1 Å². The van der Waals surface area contributed by atoms with Crippen molar-refractivity contribution in [2.45, 2.75) is 0 Å². The zero-order valence-electron chi connectivity index (χ0n) is 12.9. The maximum Gasteiger partial charge on any atom is 0.269 e. The summed E-state index contributed by atoms with van der Waals surface area (Å²) in [5, 5.41) is 10.6. The molecule has 0 heterocycles. The van der Waals surface area contributed by atoms with Crippen molar-refractivity contribution in [1.82, 2.24) is 0 Å². The molecule has 0 aromatic heterocycles. The maximum atomic E-state index is 10.6. The van der Waals surface area contributed by atoms with Crippen molar-refractivity contribution in [2.75, 3.05) is 29.7 Å². The van der Waals surface area contributed by atoms with E-state index in [1.165, 1.54) is 12.1 Å². The minimum Gasteiger partial charge on any atom is -0.369 e. The number of nitro groups is 1. The van der Waals surface area contributed by atoms with E-state index in [0.29, 0.717) is 11.8 Å². The Labute approximate surface area is 151 Å². The first-order valence-electron chi connectivity index (χ1n) is 7.37. The van der Waals surface area contributed by atoms with Gasteiger partial charge in [-0.25, -0.2) is 0 Å². The molecule has 24 heavy (non-hydrogen) atoms. The summed E-state index contributed by atoms with van der Waals surface area (Å²) in [6, 6.07) is 14.0. The Morgan fingerprint density at radius 3 is 1.75 bits per heavy atom. The summed E-state index contributed by atoms with van der Waals surface area (Å²) in [4.78, 5) is 12.3. The molecule has 6 heteroatoms. The second-order valence-electron chi connectivity index (χ2n) is 4.97. The summed E-state index contributed by atoms with van der Waals surface area (Å²) < 4.78 is 0. The quantitative estimate of drug-likeness (QED) is 0.333. The Bertz CT molecular complexity index is 728. The third kappa shape index (κ3) is 5.16. The number of rotatable bonds is 6. The fourth-order valence-electron chi connectivity index (χ4n) is 2.14. The molecule has 0 amide bonds. The van der Waals surface area contributed by atoms with Crippen molar-refractivity contribution in [2.24, 2.45) is 0 Å². The monoisotopic (exact) mass is 362 g/mol. The minimum absolute atomic E-state index is 0.0589. The van der Waals surface area contributed by atoms with E-state index in [1.807, 2.05) is 24.3 Å². The van der Waals surface area contributed by atoms with Gasteiger partial charge in [0.15, 0.2) is 0 Å². The highest BCUT2D eigenvalue weighted by Crippen LogP contribution is 2.16. The molecule has 124 valence electrons. The Kier molecular flexibility index (Phi) is 6.92. The molecule has 0 radical (unpaired) electrons. The maximum absolute atomic E-state index is 10.6. The van der Waals surface area contributed by atoms with Crippen LogP contribution in [-0.2, 0) is 0 Å². The fourth-order valence-corrected chi connectivity index (χ4v) is 2.55. The average molecular weight is 363 g/mol. The van der Waals surface area contributed by atoms with Crippen LogP contribution in [-0.4, -0.2) is 29.8 Å². The van der Waals surface area contributed by atoms with Gasteiger partial charge in [-0.2, -0.15) is 0 Å². The highest BCUT2D eigenvalue weighted by molar-refractivity contribution is 6.18. The van der Waals surface area contributed by atoms with Crippen LogP contribution in [0.3, 0.4) is 0 Å². The lowest BCUT2D eigenvalue weighted by Gasteiger charge is -2.22. The molecule has 2 aromatic carbocycles. The van der Waals surface area contributed by atoms with Crippen LogP contribution in [0.15, 0.2) is 48.5 Å². The van der Waals surface area contributed by atoms with E-state index in [4.69, 9.17) is 23.2 Å². The molecule has 2 aromatic rings. The second-order valence-corrected chi connectivity index (χ2v) is 5.72. The van der Waals surface area contributed by atoms with Crippen LogP contribution in [0.5, 0.6) is 0 Å². The molecule has 0 N–H and O–H groups in total. The molecule has 0 atom stereocenters. The molecule has 0 spiro atoms. The highest BCUT2D eigenvalue weighted by atomic mass is 35.5. The lowest BCUT2D eigenvalue weighted by Crippen LogP contribution is -2.27. The van der Waals surface area contributed by atoms with Gasteiger partial charge in [-0.05, 0) is 36.4 Å². The molecule has 0 fully saturated rings. The van der Waals surface area contributed by atoms with Crippen LogP contribution in [0.2, 0.25) is 0 Å². The van der Waals surface area contributed by atoms with Gasteiger partial charge < -0.3 is 4.90 Å². The van der Waals surface area contributed by atoms with Gasteiger partial charge in [0, 0.05) is 53.8 Å². The van der Waals surface area contributed by atoms with Gasteiger partial charge in [0.25, 0.3) is 5.69 Å². The second kappa shape index (κ2) is 9.17. The fraction of sp³-hybridized carbons (Fsp3) is 0.222. The molecule has 0 aliphatic heterocycles. The van der Waals surface area contributed by atoms with Gasteiger partial charge in [-0.15, -0.1) is 23.2 Å². The zero-order valence-corrected chi connectivity index (χ0v) is 14.4. The highest BCUT2D eigenvalue weighted by Gasteiger charge is 2.05. The molecule has 2 rings (SSSR count). The number of hydrogen-bond donors (Lipinski definition) is 0. The Balaban J connectivity index is 2.10. The molecular weight excluding hydrogens is 347 g/mol. The van der Waals surface area contributed by atoms with Crippen LogP contribution in [0, 0.1) is 22.0 Å². The molecule has 0 saturated carbocycles. The van der Waals surface area contributed by atoms with Crippen molar-refractivity contribution >= 4 is 34.6 Å². The van der Waals surface area contributed by atoms with Crippen LogP contribution < -0.4 is 4.90 Å². The normalized spacial score (nSPS) is 9.92. The number of alkyl halides is 2. The smallest absolute Gasteiger partial charge is 0.269 e. The third-order valence-corrected chi connectivity index (χ3v) is 3.71. The van der Waals surface area contributed by atoms with Crippen molar-refractivity contribution in [1.29, 1.82) is 0 Å². The number of benzene rings is 2. The largest absolute Gasteiger partial charge is 0.369 e. The average Bonchev–Trinajstić information content (AvgIpc) is 2.60. The van der Waals surface area contributed by atoms with E-state index in [2.05, 4.69) is 16.7 Å². The predicted molar refractivity (Wildman–Crippen MR) is 99.2 cm³/mol. The number of hydrogen-bond acceptors (Lipinski definition) is 3. The number of nitrogens with zero attached hydrogens (tertiary/aromatic N) is 2. The van der Waals surface area contributed by atoms with Gasteiger partial charge in [-0.3, -0.25) is 10.1 Å². The van der Waals surface area contributed by atoms with E-state index in [1.54, 1.807) is 12.1 Å². The number of anilines is 1. The first kappa shape index (κ1) is 18.1. The molecule has 0 aliphatic carbocycles. The van der Waals surface area contributed by atoms with Gasteiger partial charge in [-0.1, -0.05) is 11.8 Å². The first-order valence-corrected chi connectivity index (χ1v) is 8.44. The van der Waals surface area contributed by atoms with E-state index < -0.39 is 4.92 Å². The molecular formula is C18H16Cl2N2O2. The number of nitro benzene ring substituents is 1. The number of halogens is 2. The summed E-state index contributed by atoms with van der Waals surface area (Å²) in [5.41, 5.74) is 2.71. The first-order chi connectivity index (χ1) is 11.6. The topological polar surface area (TPSA) is 46.4 Å². The van der Waals surface area contributed by atoms with Gasteiger partial charge in [0.1, 0.15) is 0 Å². The zero-order chi connectivity index (χ0) is 17.4. The van der Waals surface area contributed by atoms with E-state index >= 15 is 0 Å². The van der Waals surface area contributed by atoms with E-state index in [9.17, 15) is 10.1 Å². The lowest BCUT2D eigenvalue weighted by atomic mass is 10.1. The van der Waals surface area contributed by atoms with Crippen molar-refractivity contribution in [3.05, 3.63) is 69.8 Å². The Hall–Kier alpha value is -2.22. The van der Waals surface area contributed by atoms with Crippen LogP contribution in [0.4, 0.5) is 11.4 Å². The summed E-state index contributed by atoms with van der Waals surface area (Å²) in [5.74, 6) is 7.13. The molecule has 0 bridgehead atoms. The van der Waals surface area contributed by atoms with Crippen molar-refractivity contribution in [3.63, 3.8) is 0 Å². The predicted octanol–water partition coefficient (Wildman–Crippen LogP) is 4.28. The Morgan fingerprint density at radius 2 is 1.33 bits per heavy atom. The van der Waals surface area contributed by atoms with Gasteiger partial charge >= 0.3 is 0 Å². The minimum atomic E-state index is -0.427. The van der Waals surface area contributed by atoms with Crippen LogP contribution >= 0.6 is 23.2 Å². The summed E-state index contributed by atoms with van der Waals surface area (Å²) in [6.07, 6.45) is 0. The third-order valence-electron chi connectivity index (χ3n) is 3.37. The molecule has 0 saturated heterocycles. The van der Waals surface area contributed by atoms with Gasteiger partial charge in [0.05, 0.1) is 4.92 Å². The molecule has 4 nitrogen and oxygen atoms in total.